The number of amides is 2. The molecule has 0 aromatic heterocycles. The standard InChI is InChI=1S/C21H25Cl2N3O2/c1-15(19-7-6-18(22)12-20(19)23)25-21(27)24-13-16-4-2-3-5-17(16)14-26-8-10-28-11-9-26/h2-7,12,15H,8-11,13-14H2,1H3,(H2,24,25,27). The molecule has 2 aromatic carbocycles. The molecule has 150 valence electrons. The van der Waals surface area contributed by atoms with Gasteiger partial charge in [-0.1, -0.05) is 53.5 Å². The van der Waals surface area contributed by atoms with E-state index in [0.29, 0.717) is 16.6 Å². The Morgan fingerprint density at radius 1 is 1.14 bits per heavy atom. The zero-order chi connectivity index (χ0) is 19.9. The van der Waals surface area contributed by atoms with Crippen molar-refractivity contribution in [2.75, 3.05) is 26.3 Å². The van der Waals surface area contributed by atoms with Crippen LogP contribution in [0.3, 0.4) is 0 Å². The Morgan fingerprint density at radius 3 is 2.57 bits per heavy atom. The monoisotopic (exact) mass is 421 g/mol. The van der Waals surface area contributed by atoms with Gasteiger partial charge in [-0.3, -0.25) is 4.90 Å². The average Bonchev–Trinajstić information content (AvgIpc) is 2.68. The summed E-state index contributed by atoms with van der Waals surface area (Å²) < 4.78 is 5.41. The largest absolute Gasteiger partial charge is 0.379 e. The minimum atomic E-state index is -0.236. The molecule has 0 saturated carbocycles. The second kappa shape index (κ2) is 10.1. The van der Waals surface area contributed by atoms with Crippen molar-refractivity contribution in [3.63, 3.8) is 0 Å². The summed E-state index contributed by atoms with van der Waals surface area (Å²) in [5, 5.41) is 6.98. The van der Waals surface area contributed by atoms with E-state index >= 15 is 0 Å². The highest BCUT2D eigenvalue weighted by Gasteiger charge is 2.15. The zero-order valence-corrected chi connectivity index (χ0v) is 17.4. The van der Waals surface area contributed by atoms with E-state index in [0.717, 1.165) is 44.0 Å². The van der Waals surface area contributed by atoms with E-state index in [1.165, 1.54) is 5.56 Å². The first kappa shape index (κ1) is 20.9. The van der Waals surface area contributed by atoms with Gasteiger partial charge in [0, 0.05) is 36.2 Å². The fraction of sp³-hybridized carbons (Fsp3) is 0.381. The maximum Gasteiger partial charge on any atom is 0.315 e. The fourth-order valence-corrected chi connectivity index (χ4v) is 3.81. The molecule has 1 saturated heterocycles. The summed E-state index contributed by atoms with van der Waals surface area (Å²) in [5.74, 6) is 0. The van der Waals surface area contributed by atoms with Crippen molar-refractivity contribution < 1.29 is 9.53 Å². The van der Waals surface area contributed by atoms with Gasteiger partial charge >= 0.3 is 6.03 Å². The SMILES string of the molecule is CC(NC(=O)NCc1ccccc1CN1CCOCC1)c1ccc(Cl)cc1Cl. The summed E-state index contributed by atoms with van der Waals surface area (Å²) in [5.41, 5.74) is 3.16. The van der Waals surface area contributed by atoms with E-state index in [9.17, 15) is 4.79 Å². The van der Waals surface area contributed by atoms with Gasteiger partial charge in [0.15, 0.2) is 0 Å². The molecule has 2 aromatic rings. The molecule has 1 unspecified atom stereocenters. The summed E-state index contributed by atoms with van der Waals surface area (Å²) in [7, 11) is 0. The smallest absolute Gasteiger partial charge is 0.315 e. The lowest BCUT2D eigenvalue weighted by Crippen LogP contribution is -2.38. The molecule has 1 atom stereocenters. The number of morpholine rings is 1. The average molecular weight is 422 g/mol. The van der Waals surface area contributed by atoms with Crippen molar-refractivity contribution in [1.29, 1.82) is 0 Å². The minimum Gasteiger partial charge on any atom is -0.379 e. The molecule has 7 heteroatoms. The molecule has 1 fully saturated rings. The third kappa shape index (κ3) is 5.85. The second-order valence-electron chi connectivity index (χ2n) is 6.87. The van der Waals surface area contributed by atoms with Gasteiger partial charge in [-0.15, -0.1) is 0 Å². The summed E-state index contributed by atoms with van der Waals surface area (Å²) in [4.78, 5) is 14.7. The highest BCUT2D eigenvalue weighted by Crippen LogP contribution is 2.26. The summed E-state index contributed by atoms with van der Waals surface area (Å²) in [6.07, 6.45) is 0. The van der Waals surface area contributed by atoms with E-state index in [4.69, 9.17) is 27.9 Å². The molecule has 0 aliphatic carbocycles. The Hall–Kier alpha value is -1.79. The fourth-order valence-electron chi connectivity index (χ4n) is 3.24. The number of ether oxygens (including phenoxy) is 1. The third-order valence-electron chi connectivity index (χ3n) is 4.83. The summed E-state index contributed by atoms with van der Waals surface area (Å²) in [6.45, 7) is 6.62. The molecule has 1 aliphatic rings. The van der Waals surface area contributed by atoms with Crippen LogP contribution in [0.4, 0.5) is 4.79 Å². The van der Waals surface area contributed by atoms with Crippen LogP contribution < -0.4 is 10.6 Å². The number of nitrogens with zero attached hydrogens (tertiary/aromatic N) is 1. The van der Waals surface area contributed by atoms with E-state index in [1.807, 2.05) is 25.1 Å². The number of nitrogens with one attached hydrogen (secondary N) is 2. The lowest BCUT2D eigenvalue weighted by molar-refractivity contribution is 0.0341. The molecule has 2 N–H and O–H groups in total. The number of hydrogen-bond acceptors (Lipinski definition) is 3. The number of carbonyl (C=O) groups is 1. The Balaban J connectivity index is 1.55. The van der Waals surface area contributed by atoms with Gasteiger partial charge in [0.1, 0.15) is 0 Å². The number of urea groups is 1. The highest BCUT2D eigenvalue weighted by atomic mass is 35.5. The number of carbonyl (C=O) groups excluding carboxylic acids is 1. The molecule has 1 aliphatic heterocycles. The van der Waals surface area contributed by atoms with Crippen molar-refractivity contribution in [3.05, 3.63) is 69.2 Å². The molecule has 0 bridgehead atoms. The molecular weight excluding hydrogens is 397 g/mol. The topological polar surface area (TPSA) is 53.6 Å². The first-order valence-electron chi connectivity index (χ1n) is 9.39. The molecule has 28 heavy (non-hydrogen) atoms. The van der Waals surface area contributed by atoms with Gasteiger partial charge in [-0.25, -0.2) is 4.79 Å². The quantitative estimate of drug-likeness (QED) is 0.726. The van der Waals surface area contributed by atoms with Crippen LogP contribution in [0.15, 0.2) is 42.5 Å². The highest BCUT2D eigenvalue weighted by molar-refractivity contribution is 6.35. The maximum absolute atomic E-state index is 12.4. The van der Waals surface area contributed by atoms with Crippen LogP contribution in [0.2, 0.25) is 10.0 Å². The van der Waals surface area contributed by atoms with Crippen molar-refractivity contribution in [2.24, 2.45) is 0 Å². The Kier molecular flexibility index (Phi) is 7.57. The molecule has 5 nitrogen and oxygen atoms in total. The van der Waals surface area contributed by atoms with Crippen molar-refractivity contribution in [1.82, 2.24) is 15.5 Å². The molecule has 1 heterocycles. The Morgan fingerprint density at radius 2 is 1.86 bits per heavy atom. The van der Waals surface area contributed by atoms with Crippen molar-refractivity contribution in [3.8, 4) is 0 Å². The lowest BCUT2D eigenvalue weighted by Gasteiger charge is -2.27. The van der Waals surface area contributed by atoms with Gasteiger partial charge in [0.2, 0.25) is 0 Å². The van der Waals surface area contributed by atoms with Gasteiger partial charge in [-0.2, -0.15) is 0 Å². The predicted molar refractivity (Wildman–Crippen MR) is 113 cm³/mol. The zero-order valence-electron chi connectivity index (χ0n) is 15.9. The van der Waals surface area contributed by atoms with Gasteiger partial charge in [0.05, 0.1) is 19.3 Å². The van der Waals surface area contributed by atoms with Crippen molar-refractivity contribution >= 4 is 29.2 Å². The summed E-state index contributed by atoms with van der Waals surface area (Å²) in [6, 6.07) is 13.0. The van der Waals surface area contributed by atoms with Crippen LogP contribution in [0, 0.1) is 0 Å². The van der Waals surface area contributed by atoms with Crippen molar-refractivity contribution in [2.45, 2.75) is 26.1 Å². The van der Waals surface area contributed by atoms with Crippen LogP contribution in [0.1, 0.15) is 29.7 Å². The van der Waals surface area contributed by atoms with Gasteiger partial charge < -0.3 is 15.4 Å². The number of benzene rings is 2. The second-order valence-corrected chi connectivity index (χ2v) is 7.72. The predicted octanol–water partition coefficient (Wildman–Crippen LogP) is 4.39. The lowest BCUT2D eigenvalue weighted by atomic mass is 10.1. The number of hydrogen-bond donors (Lipinski definition) is 2. The minimum absolute atomic E-state index is 0.228. The van der Waals surface area contributed by atoms with Crippen LogP contribution in [-0.4, -0.2) is 37.2 Å². The van der Waals surface area contributed by atoms with E-state index in [1.54, 1.807) is 12.1 Å². The molecule has 2 amide bonds. The van der Waals surface area contributed by atoms with Crippen LogP contribution in [0.5, 0.6) is 0 Å². The molecular formula is C21H25Cl2N3O2. The first-order valence-corrected chi connectivity index (χ1v) is 10.1. The number of rotatable bonds is 6. The Bertz CT molecular complexity index is 810. The third-order valence-corrected chi connectivity index (χ3v) is 5.39. The van der Waals surface area contributed by atoms with E-state index < -0.39 is 0 Å². The van der Waals surface area contributed by atoms with Gasteiger partial charge in [0.25, 0.3) is 0 Å². The normalized spacial score (nSPS) is 15.8. The molecule has 3 rings (SSSR count). The van der Waals surface area contributed by atoms with Crippen LogP contribution >= 0.6 is 23.2 Å². The number of halogens is 2. The molecule has 0 spiro atoms. The van der Waals surface area contributed by atoms with Crippen LogP contribution in [0.25, 0.3) is 0 Å². The Labute approximate surface area is 176 Å². The van der Waals surface area contributed by atoms with Gasteiger partial charge in [-0.05, 0) is 35.7 Å². The maximum atomic E-state index is 12.4. The first-order chi connectivity index (χ1) is 13.5. The van der Waals surface area contributed by atoms with E-state index in [2.05, 4.69) is 27.7 Å². The van der Waals surface area contributed by atoms with Crippen LogP contribution in [-0.2, 0) is 17.8 Å². The molecule has 0 radical (unpaired) electrons. The summed E-state index contributed by atoms with van der Waals surface area (Å²) >= 11 is 12.2. The van der Waals surface area contributed by atoms with E-state index in [-0.39, 0.29) is 12.1 Å².